The minimum Gasteiger partial charge on any atom is -0.356 e. The van der Waals surface area contributed by atoms with Gasteiger partial charge in [-0.3, -0.25) is 4.79 Å². The molecule has 2 heteroatoms. The Labute approximate surface area is 86.5 Å². The largest absolute Gasteiger partial charge is 0.356 e. The molecule has 2 nitrogen and oxygen atoms in total. The summed E-state index contributed by atoms with van der Waals surface area (Å²) in [6.45, 7) is 5.65. The van der Waals surface area contributed by atoms with E-state index in [0.29, 0.717) is 10.8 Å². The smallest absolute Gasteiger partial charge is 0.220 e. The molecular weight excluding hydrogens is 174 g/mol. The Morgan fingerprint density at radius 2 is 1.93 bits per heavy atom. The quantitative estimate of drug-likeness (QED) is 0.632. The number of carbonyl (C=O) groups excluding carboxylic acids is 1. The number of rotatable bonds is 0. The molecule has 1 unspecified atom stereocenters. The number of nitrogens with one attached hydrogen (secondary N) is 1. The monoisotopic (exact) mass is 195 g/mol. The Morgan fingerprint density at radius 3 is 2.57 bits per heavy atom. The van der Waals surface area contributed by atoms with E-state index in [-0.39, 0.29) is 5.91 Å². The maximum atomic E-state index is 11.3. The van der Waals surface area contributed by atoms with Gasteiger partial charge in [-0.15, -0.1) is 0 Å². The molecule has 2 fully saturated rings. The first-order valence-corrected chi connectivity index (χ1v) is 5.78. The second kappa shape index (κ2) is 3.25. The third-order valence-corrected chi connectivity index (χ3v) is 4.09. The van der Waals surface area contributed by atoms with Crippen LogP contribution >= 0.6 is 0 Å². The predicted octanol–water partition coefficient (Wildman–Crippen LogP) is 2.48. The fourth-order valence-corrected chi connectivity index (χ4v) is 2.90. The standard InChI is InChI=1S/C12H21NO/c1-11(2)4-3-5-12(7-6-11)8-10(14)13-9-12/h3-9H2,1-2H3,(H,13,14). The Balaban J connectivity index is 2.05. The van der Waals surface area contributed by atoms with Crippen molar-refractivity contribution >= 4 is 5.91 Å². The molecule has 1 saturated heterocycles. The van der Waals surface area contributed by atoms with E-state index in [1.54, 1.807) is 0 Å². The Bertz CT molecular complexity index is 247. The van der Waals surface area contributed by atoms with Crippen LogP contribution in [-0.2, 0) is 4.79 Å². The molecule has 1 spiro atoms. The first kappa shape index (κ1) is 10.0. The fourth-order valence-electron chi connectivity index (χ4n) is 2.90. The second-order valence-electron chi connectivity index (χ2n) is 5.97. The molecule has 0 radical (unpaired) electrons. The number of hydrogen-bond donors (Lipinski definition) is 1. The van der Waals surface area contributed by atoms with Crippen molar-refractivity contribution in [2.24, 2.45) is 10.8 Å². The van der Waals surface area contributed by atoms with E-state index >= 15 is 0 Å². The summed E-state index contributed by atoms with van der Waals surface area (Å²) in [5.74, 6) is 0.268. The highest BCUT2D eigenvalue weighted by molar-refractivity contribution is 5.79. The van der Waals surface area contributed by atoms with Gasteiger partial charge in [-0.05, 0) is 36.5 Å². The molecule has 0 aromatic heterocycles. The molecule has 14 heavy (non-hydrogen) atoms. The van der Waals surface area contributed by atoms with Gasteiger partial charge in [0.25, 0.3) is 0 Å². The average Bonchev–Trinajstić information content (AvgIpc) is 2.38. The number of hydrogen-bond acceptors (Lipinski definition) is 1. The van der Waals surface area contributed by atoms with Crippen molar-refractivity contribution in [3.05, 3.63) is 0 Å². The summed E-state index contributed by atoms with van der Waals surface area (Å²) >= 11 is 0. The van der Waals surface area contributed by atoms with Crippen molar-refractivity contribution < 1.29 is 4.79 Å². The summed E-state index contributed by atoms with van der Waals surface area (Å²) in [7, 11) is 0. The highest BCUT2D eigenvalue weighted by Crippen LogP contribution is 2.45. The normalized spacial score (nSPS) is 36.9. The fraction of sp³-hybridized carbons (Fsp3) is 0.917. The zero-order chi connectivity index (χ0) is 10.2. The third-order valence-electron chi connectivity index (χ3n) is 4.09. The van der Waals surface area contributed by atoms with Crippen LogP contribution in [0.4, 0.5) is 0 Å². The zero-order valence-electron chi connectivity index (χ0n) is 9.36. The lowest BCUT2D eigenvalue weighted by molar-refractivity contribution is -0.119. The summed E-state index contributed by atoms with van der Waals surface area (Å²) < 4.78 is 0. The van der Waals surface area contributed by atoms with Crippen molar-refractivity contribution in [1.29, 1.82) is 0 Å². The van der Waals surface area contributed by atoms with E-state index in [4.69, 9.17) is 0 Å². The van der Waals surface area contributed by atoms with Crippen molar-refractivity contribution in [1.82, 2.24) is 5.32 Å². The van der Waals surface area contributed by atoms with Crippen LogP contribution in [0.2, 0.25) is 0 Å². The van der Waals surface area contributed by atoms with Crippen molar-refractivity contribution in [2.45, 2.75) is 52.4 Å². The summed E-state index contributed by atoms with van der Waals surface area (Å²) in [6, 6.07) is 0. The van der Waals surface area contributed by atoms with E-state index in [1.165, 1.54) is 32.1 Å². The topological polar surface area (TPSA) is 29.1 Å². The van der Waals surface area contributed by atoms with Gasteiger partial charge < -0.3 is 5.32 Å². The van der Waals surface area contributed by atoms with Gasteiger partial charge in [-0.1, -0.05) is 20.3 Å². The molecule has 0 aromatic carbocycles. The van der Waals surface area contributed by atoms with E-state index in [0.717, 1.165) is 13.0 Å². The summed E-state index contributed by atoms with van der Waals surface area (Å²) in [4.78, 5) is 11.3. The van der Waals surface area contributed by atoms with Crippen LogP contribution in [0, 0.1) is 10.8 Å². The van der Waals surface area contributed by atoms with Crippen LogP contribution in [0.5, 0.6) is 0 Å². The summed E-state index contributed by atoms with van der Waals surface area (Å²) in [5.41, 5.74) is 0.819. The van der Waals surface area contributed by atoms with Crippen molar-refractivity contribution in [3.63, 3.8) is 0 Å². The molecule has 0 bridgehead atoms. The van der Waals surface area contributed by atoms with Gasteiger partial charge in [0, 0.05) is 13.0 Å². The van der Waals surface area contributed by atoms with Gasteiger partial charge in [0.05, 0.1) is 0 Å². The first-order chi connectivity index (χ1) is 6.52. The molecule has 80 valence electrons. The molecule has 1 N–H and O–H groups in total. The molecule has 1 saturated carbocycles. The molecular formula is C12H21NO. The highest BCUT2D eigenvalue weighted by Gasteiger charge is 2.40. The van der Waals surface area contributed by atoms with E-state index in [2.05, 4.69) is 19.2 Å². The Hall–Kier alpha value is -0.530. The van der Waals surface area contributed by atoms with E-state index in [9.17, 15) is 4.79 Å². The van der Waals surface area contributed by atoms with Gasteiger partial charge in [0.2, 0.25) is 5.91 Å². The minimum atomic E-state index is 0.268. The highest BCUT2D eigenvalue weighted by atomic mass is 16.1. The molecule has 1 aliphatic heterocycles. The SMILES string of the molecule is CC1(C)CCCC2(CC1)CNC(=O)C2. The molecule has 0 aromatic rings. The van der Waals surface area contributed by atoms with Crippen molar-refractivity contribution in [2.75, 3.05) is 6.54 Å². The van der Waals surface area contributed by atoms with Crippen molar-refractivity contribution in [3.8, 4) is 0 Å². The van der Waals surface area contributed by atoms with Gasteiger partial charge >= 0.3 is 0 Å². The molecule has 1 aliphatic carbocycles. The summed E-state index contributed by atoms with van der Waals surface area (Å²) in [5, 5.41) is 3.00. The number of carbonyl (C=O) groups is 1. The lowest BCUT2D eigenvalue weighted by Gasteiger charge is -2.26. The number of amides is 1. The van der Waals surface area contributed by atoms with E-state index in [1.807, 2.05) is 0 Å². The van der Waals surface area contributed by atoms with Crippen LogP contribution in [0.3, 0.4) is 0 Å². The van der Waals surface area contributed by atoms with Gasteiger partial charge in [0.1, 0.15) is 0 Å². The van der Waals surface area contributed by atoms with E-state index < -0.39 is 0 Å². The van der Waals surface area contributed by atoms with Crippen LogP contribution in [0.1, 0.15) is 52.4 Å². The van der Waals surface area contributed by atoms with Gasteiger partial charge in [-0.25, -0.2) is 0 Å². The molecule has 1 heterocycles. The zero-order valence-corrected chi connectivity index (χ0v) is 9.36. The third kappa shape index (κ3) is 1.94. The van der Waals surface area contributed by atoms with Gasteiger partial charge in [-0.2, -0.15) is 0 Å². The van der Waals surface area contributed by atoms with Gasteiger partial charge in [0.15, 0.2) is 0 Å². The van der Waals surface area contributed by atoms with Crippen LogP contribution in [0.25, 0.3) is 0 Å². The maximum Gasteiger partial charge on any atom is 0.220 e. The van der Waals surface area contributed by atoms with Crippen LogP contribution < -0.4 is 5.32 Å². The lowest BCUT2D eigenvalue weighted by Crippen LogP contribution is -2.23. The Kier molecular flexibility index (Phi) is 2.32. The molecule has 2 aliphatic rings. The van der Waals surface area contributed by atoms with Crippen LogP contribution in [0.15, 0.2) is 0 Å². The minimum absolute atomic E-state index is 0.268. The summed E-state index contributed by atoms with van der Waals surface area (Å²) in [6.07, 6.45) is 7.16. The first-order valence-electron chi connectivity index (χ1n) is 5.78. The molecule has 2 rings (SSSR count). The Morgan fingerprint density at radius 1 is 1.14 bits per heavy atom. The molecule has 1 atom stereocenters. The average molecular weight is 195 g/mol. The molecule has 1 amide bonds. The predicted molar refractivity (Wildman–Crippen MR) is 56.9 cm³/mol. The maximum absolute atomic E-state index is 11.3. The van der Waals surface area contributed by atoms with Crippen LogP contribution in [-0.4, -0.2) is 12.5 Å². The second-order valence-corrected chi connectivity index (χ2v) is 5.97. The lowest BCUT2D eigenvalue weighted by atomic mass is 9.78.